The lowest BCUT2D eigenvalue weighted by Gasteiger charge is -2.32. The van der Waals surface area contributed by atoms with Crippen LogP contribution in [0.15, 0.2) is 4.99 Å². The number of hydrogen-bond donors (Lipinski definition) is 3. The maximum atomic E-state index is 12.4. The summed E-state index contributed by atoms with van der Waals surface area (Å²) in [6, 6.07) is 0.238. The van der Waals surface area contributed by atoms with Gasteiger partial charge in [-0.3, -0.25) is 14.7 Å². The summed E-state index contributed by atoms with van der Waals surface area (Å²) < 4.78 is 24.8. The van der Waals surface area contributed by atoms with Crippen LogP contribution in [-0.2, 0) is 4.79 Å². The highest BCUT2D eigenvalue weighted by molar-refractivity contribution is 14.0. The van der Waals surface area contributed by atoms with Crippen molar-refractivity contribution in [3.05, 3.63) is 0 Å². The summed E-state index contributed by atoms with van der Waals surface area (Å²) in [4.78, 5) is 17.7. The van der Waals surface area contributed by atoms with Crippen LogP contribution in [-0.4, -0.2) is 68.5 Å². The van der Waals surface area contributed by atoms with Gasteiger partial charge >= 0.3 is 0 Å². The Labute approximate surface area is 166 Å². The molecular formula is C16H32F2IN5O. The van der Waals surface area contributed by atoms with Crippen LogP contribution in [0, 0.1) is 5.92 Å². The zero-order valence-corrected chi connectivity index (χ0v) is 17.7. The number of piperidine rings is 1. The van der Waals surface area contributed by atoms with E-state index in [1.807, 2.05) is 20.8 Å². The molecule has 0 unspecified atom stereocenters. The molecule has 0 bridgehead atoms. The highest BCUT2D eigenvalue weighted by Crippen LogP contribution is 2.11. The van der Waals surface area contributed by atoms with Gasteiger partial charge in [0, 0.05) is 38.1 Å². The number of guanidine groups is 1. The summed E-state index contributed by atoms with van der Waals surface area (Å²) in [6.07, 6.45) is -0.628. The number of amides is 1. The number of aliphatic imine (C=N–C) groups is 1. The zero-order valence-electron chi connectivity index (χ0n) is 15.4. The minimum absolute atomic E-state index is 0. The van der Waals surface area contributed by atoms with Gasteiger partial charge in [-0.2, -0.15) is 0 Å². The lowest BCUT2D eigenvalue weighted by molar-refractivity contribution is -0.123. The monoisotopic (exact) mass is 475 g/mol. The quantitative estimate of drug-likeness (QED) is 0.216. The molecule has 0 aromatic rings. The molecule has 3 N–H and O–H groups in total. The Morgan fingerprint density at radius 3 is 2.40 bits per heavy atom. The molecule has 0 atom stereocenters. The Morgan fingerprint density at radius 1 is 1.24 bits per heavy atom. The lowest BCUT2D eigenvalue weighted by Crippen LogP contribution is -2.49. The van der Waals surface area contributed by atoms with Gasteiger partial charge in [0.1, 0.15) is 0 Å². The van der Waals surface area contributed by atoms with Crippen molar-refractivity contribution in [3.8, 4) is 0 Å². The summed E-state index contributed by atoms with van der Waals surface area (Å²) in [5.41, 5.74) is 0. The number of alkyl halides is 2. The number of nitrogens with zero attached hydrogens (tertiary/aromatic N) is 2. The van der Waals surface area contributed by atoms with Gasteiger partial charge in [-0.15, -0.1) is 24.0 Å². The SMILES string of the molecule is CCNC(=NCCNC(=O)C(C)C)NC1CCN(CC(F)F)CC1.I. The molecule has 0 aromatic heterocycles. The summed E-state index contributed by atoms with van der Waals surface area (Å²) in [5.74, 6) is 0.705. The number of halogens is 3. The van der Waals surface area contributed by atoms with Crippen molar-refractivity contribution < 1.29 is 13.6 Å². The summed E-state index contributed by atoms with van der Waals surface area (Å²) in [5, 5.41) is 9.36. The van der Waals surface area contributed by atoms with Crippen LogP contribution in [0.25, 0.3) is 0 Å². The van der Waals surface area contributed by atoms with E-state index in [4.69, 9.17) is 0 Å². The smallest absolute Gasteiger partial charge is 0.251 e. The van der Waals surface area contributed by atoms with E-state index >= 15 is 0 Å². The molecule has 1 heterocycles. The highest BCUT2D eigenvalue weighted by atomic mass is 127. The van der Waals surface area contributed by atoms with Gasteiger partial charge < -0.3 is 16.0 Å². The standard InChI is InChI=1S/C16H31F2N5O.HI/c1-4-19-16(21-8-7-20-15(24)12(2)3)22-13-5-9-23(10-6-13)11-14(17)18;/h12-14H,4-11H2,1-3H3,(H,20,24)(H2,19,21,22);1H. The molecule has 1 amide bonds. The molecule has 1 saturated heterocycles. The second-order valence-electron chi connectivity index (χ2n) is 6.32. The van der Waals surface area contributed by atoms with Crippen molar-refractivity contribution in [2.24, 2.45) is 10.9 Å². The van der Waals surface area contributed by atoms with Gasteiger partial charge in [0.05, 0.1) is 13.1 Å². The average molecular weight is 475 g/mol. The number of carbonyl (C=O) groups excluding carboxylic acids is 1. The maximum Gasteiger partial charge on any atom is 0.251 e. The fourth-order valence-electron chi connectivity index (χ4n) is 2.52. The zero-order chi connectivity index (χ0) is 17.9. The number of rotatable bonds is 8. The first-order chi connectivity index (χ1) is 11.4. The van der Waals surface area contributed by atoms with Gasteiger partial charge in [0.15, 0.2) is 5.96 Å². The number of likely N-dealkylation sites (tertiary alicyclic amines) is 1. The molecule has 0 saturated carbocycles. The molecule has 1 fully saturated rings. The summed E-state index contributed by atoms with van der Waals surface area (Å²) >= 11 is 0. The lowest BCUT2D eigenvalue weighted by atomic mass is 10.1. The van der Waals surface area contributed by atoms with E-state index in [1.54, 1.807) is 4.90 Å². The number of nitrogens with one attached hydrogen (secondary N) is 3. The molecule has 148 valence electrons. The molecule has 0 aliphatic carbocycles. The van der Waals surface area contributed by atoms with Crippen LogP contribution >= 0.6 is 24.0 Å². The van der Waals surface area contributed by atoms with E-state index < -0.39 is 6.43 Å². The Morgan fingerprint density at radius 2 is 1.88 bits per heavy atom. The van der Waals surface area contributed by atoms with Crippen molar-refractivity contribution in [2.45, 2.75) is 46.1 Å². The van der Waals surface area contributed by atoms with Gasteiger partial charge in [-0.05, 0) is 19.8 Å². The number of hydrogen-bond acceptors (Lipinski definition) is 3. The van der Waals surface area contributed by atoms with Crippen LogP contribution in [0.5, 0.6) is 0 Å². The summed E-state index contributed by atoms with van der Waals surface area (Å²) in [7, 11) is 0. The minimum atomic E-state index is -2.27. The van der Waals surface area contributed by atoms with Crippen LogP contribution in [0.4, 0.5) is 8.78 Å². The molecule has 1 rings (SSSR count). The van der Waals surface area contributed by atoms with Crippen molar-refractivity contribution in [3.63, 3.8) is 0 Å². The van der Waals surface area contributed by atoms with Gasteiger partial charge in [-0.25, -0.2) is 8.78 Å². The summed E-state index contributed by atoms with van der Waals surface area (Å²) in [6.45, 7) is 8.64. The number of carbonyl (C=O) groups is 1. The first kappa shape index (κ1) is 24.3. The maximum absolute atomic E-state index is 12.4. The topological polar surface area (TPSA) is 68.8 Å². The molecule has 25 heavy (non-hydrogen) atoms. The third-order valence-electron chi connectivity index (χ3n) is 3.87. The fourth-order valence-corrected chi connectivity index (χ4v) is 2.52. The van der Waals surface area contributed by atoms with Crippen molar-refractivity contribution in [1.29, 1.82) is 0 Å². The van der Waals surface area contributed by atoms with Crippen molar-refractivity contribution in [1.82, 2.24) is 20.9 Å². The van der Waals surface area contributed by atoms with E-state index in [0.717, 1.165) is 19.4 Å². The van der Waals surface area contributed by atoms with Gasteiger partial charge in [0.2, 0.25) is 5.91 Å². The molecular weight excluding hydrogens is 443 g/mol. The molecule has 0 aromatic carbocycles. The van der Waals surface area contributed by atoms with E-state index in [0.29, 0.717) is 32.1 Å². The Balaban J connectivity index is 0.00000576. The van der Waals surface area contributed by atoms with E-state index in [2.05, 4.69) is 20.9 Å². The van der Waals surface area contributed by atoms with Crippen LogP contribution in [0.3, 0.4) is 0 Å². The Bertz CT molecular complexity index is 402. The minimum Gasteiger partial charge on any atom is -0.357 e. The predicted octanol–water partition coefficient (Wildman–Crippen LogP) is 1.66. The van der Waals surface area contributed by atoms with Gasteiger partial charge in [0.25, 0.3) is 6.43 Å². The third-order valence-corrected chi connectivity index (χ3v) is 3.87. The fraction of sp³-hybridized carbons (Fsp3) is 0.875. The van der Waals surface area contributed by atoms with E-state index in [-0.39, 0.29) is 48.4 Å². The average Bonchev–Trinajstić information content (AvgIpc) is 2.52. The Hall–Kier alpha value is -0.710. The molecule has 0 spiro atoms. The van der Waals surface area contributed by atoms with Crippen molar-refractivity contribution in [2.75, 3.05) is 39.3 Å². The molecule has 9 heteroatoms. The molecule has 6 nitrogen and oxygen atoms in total. The Kier molecular flexibility index (Phi) is 13.1. The first-order valence-corrected chi connectivity index (χ1v) is 8.75. The first-order valence-electron chi connectivity index (χ1n) is 8.75. The highest BCUT2D eigenvalue weighted by Gasteiger charge is 2.21. The van der Waals surface area contributed by atoms with E-state index in [9.17, 15) is 13.6 Å². The van der Waals surface area contributed by atoms with Crippen LogP contribution < -0.4 is 16.0 Å². The largest absolute Gasteiger partial charge is 0.357 e. The molecule has 0 radical (unpaired) electrons. The van der Waals surface area contributed by atoms with Crippen LogP contribution in [0.1, 0.15) is 33.6 Å². The van der Waals surface area contributed by atoms with E-state index in [1.165, 1.54) is 0 Å². The van der Waals surface area contributed by atoms with Crippen molar-refractivity contribution >= 4 is 35.8 Å². The second-order valence-corrected chi connectivity index (χ2v) is 6.32. The normalized spacial score (nSPS) is 16.7. The second kappa shape index (κ2) is 13.5. The predicted molar refractivity (Wildman–Crippen MR) is 108 cm³/mol. The van der Waals surface area contributed by atoms with Gasteiger partial charge in [-0.1, -0.05) is 13.8 Å². The molecule has 1 aliphatic rings. The molecule has 1 aliphatic heterocycles. The third kappa shape index (κ3) is 10.8. The van der Waals surface area contributed by atoms with Crippen LogP contribution in [0.2, 0.25) is 0 Å².